The third-order valence-corrected chi connectivity index (χ3v) is 5.26. The van der Waals surface area contributed by atoms with Crippen LogP contribution in [0, 0.1) is 0 Å². The Labute approximate surface area is 141 Å². The molecule has 0 radical (unpaired) electrons. The van der Waals surface area contributed by atoms with Gasteiger partial charge < -0.3 is 9.29 Å². The zero-order valence-corrected chi connectivity index (χ0v) is 15.5. The quantitative estimate of drug-likeness (QED) is 0.252. The Bertz CT molecular complexity index is 392. The van der Waals surface area contributed by atoms with Gasteiger partial charge in [0.1, 0.15) is 15.4 Å². The third-order valence-electron chi connectivity index (χ3n) is 4.13. The van der Waals surface area contributed by atoms with Crippen molar-refractivity contribution in [2.24, 2.45) is 0 Å². The van der Waals surface area contributed by atoms with Crippen LogP contribution in [0.2, 0.25) is 0 Å². The summed E-state index contributed by atoms with van der Waals surface area (Å²) in [5, 5.41) is -1.55. The maximum atomic E-state index is 11.3. The van der Waals surface area contributed by atoms with E-state index in [-0.39, 0.29) is 6.42 Å². The molecular weight excluding hydrogens is 316 g/mol. The normalized spacial score (nSPS) is 13.0. The van der Waals surface area contributed by atoms with Gasteiger partial charge in [-0.1, -0.05) is 84.0 Å². The van der Waals surface area contributed by atoms with Crippen LogP contribution < -0.4 is 0 Å². The number of esters is 1. The molecule has 0 N–H and O–H groups in total. The van der Waals surface area contributed by atoms with Crippen LogP contribution in [0.1, 0.15) is 90.4 Å². The second-order valence-corrected chi connectivity index (χ2v) is 7.74. The maximum absolute atomic E-state index is 11.3. The Morgan fingerprint density at radius 1 is 0.870 bits per heavy atom. The molecule has 0 heterocycles. The molecule has 0 aromatic heterocycles. The SMILES string of the molecule is CCCCCCCCCCCCCCC(C(=O)OC)S(=O)(=O)[O-]. The molecule has 0 bridgehead atoms. The van der Waals surface area contributed by atoms with Crippen LogP contribution in [0.3, 0.4) is 0 Å². The summed E-state index contributed by atoms with van der Waals surface area (Å²) in [6, 6.07) is 0. The van der Waals surface area contributed by atoms with Gasteiger partial charge in [-0.3, -0.25) is 4.79 Å². The summed E-state index contributed by atoms with van der Waals surface area (Å²) in [4.78, 5) is 11.3. The Morgan fingerprint density at radius 2 is 1.26 bits per heavy atom. The molecule has 23 heavy (non-hydrogen) atoms. The first-order valence-corrected chi connectivity index (χ1v) is 10.4. The van der Waals surface area contributed by atoms with Crippen LogP contribution in [0.5, 0.6) is 0 Å². The van der Waals surface area contributed by atoms with E-state index in [4.69, 9.17) is 0 Å². The lowest BCUT2D eigenvalue weighted by Gasteiger charge is -2.17. The summed E-state index contributed by atoms with van der Waals surface area (Å²) >= 11 is 0. The van der Waals surface area contributed by atoms with E-state index in [1.54, 1.807) is 0 Å². The molecule has 1 unspecified atom stereocenters. The van der Waals surface area contributed by atoms with E-state index in [0.29, 0.717) is 6.42 Å². The van der Waals surface area contributed by atoms with Gasteiger partial charge in [-0.2, -0.15) is 0 Å². The molecule has 138 valence electrons. The molecule has 0 aliphatic rings. The number of hydrogen-bond acceptors (Lipinski definition) is 5. The van der Waals surface area contributed by atoms with E-state index in [9.17, 15) is 17.8 Å². The molecule has 0 aliphatic heterocycles. The summed E-state index contributed by atoms with van der Waals surface area (Å²) in [7, 11) is -3.52. The van der Waals surface area contributed by atoms with Crippen LogP contribution in [0.25, 0.3) is 0 Å². The van der Waals surface area contributed by atoms with E-state index in [0.717, 1.165) is 26.4 Å². The second kappa shape index (κ2) is 13.8. The maximum Gasteiger partial charge on any atom is 0.322 e. The molecule has 1 atom stereocenters. The lowest BCUT2D eigenvalue weighted by Crippen LogP contribution is -2.31. The lowest BCUT2D eigenvalue weighted by atomic mass is 10.0. The first-order valence-electron chi connectivity index (χ1n) is 8.96. The second-order valence-electron chi connectivity index (χ2n) is 6.18. The van der Waals surface area contributed by atoms with Gasteiger partial charge in [0, 0.05) is 0 Å². The summed E-state index contributed by atoms with van der Waals surface area (Å²) in [6.45, 7) is 2.22. The minimum atomic E-state index is -4.62. The standard InChI is InChI=1S/C17H34O5S/c1-3-4-5-6-7-8-9-10-11-12-13-14-15-16(17(18)22-2)23(19,20)21/h16H,3-15H2,1-2H3,(H,19,20,21)/p-1. The molecule has 0 saturated carbocycles. The minimum absolute atomic E-state index is 0.0654. The van der Waals surface area contributed by atoms with Gasteiger partial charge in [0.05, 0.1) is 7.11 Å². The van der Waals surface area contributed by atoms with E-state index < -0.39 is 21.3 Å². The van der Waals surface area contributed by atoms with Crippen molar-refractivity contribution < 1.29 is 22.5 Å². The number of hydrogen-bond donors (Lipinski definition) is 0. The molecule has 0 fully saturated rings. The average molecular weight is 350 g/mol. The Hall–Kier alpha value is -0.620. The number of carbonyl (C=O) groups excluding carboxylic acids is 1. The number of carbonyl (C=O) groups is 1. The van der Waals surface area contributed by atoms with E-state index in [1.165, 1.54) is 51.4 Å². The monoisotopic (exact) mass is 349 g/mol. The van der Waals surface area contributed by atoms with Gasteiger partial charge in [-0.15, -0.1) is 0 Å². The molecule has 5 nitrogen and oxygen atoms in total. The van der Waals surface area contributed by atoms with E-state index >= 15 is 0 Å². The predicted octanol–water partition coefficient (Wildman–Crippen LogP) is 4.16. The number of ether oxygens (including phenoxy) is 1. The van der Waals surface area contributed by atoms with Gasteiger partial charge in [-0.05, 0) is 6.42 Å². The minimum Gasteiger partial charge on any atom is -0.747 e. The van der Waals surface area contributed by atoms with Crippen molar-refractivity contribution in [2.45, 2.75) is 95.6 Å². The third kappa shape index (κ3) is 12.5. The van der Waals surface area contributed by atoms with Crippen LogP contribution in [-0.2, 0) is 19.6 Å². The van der Waals surface area contributed by atoms with Gasteiger partial charge in [-0.25, -0.2) is 8.42 Å². The van der Waals surface area contributed by atoms with Crippen LogP contribution in [0.15, 0.2) is 0 Å². The molecule has 0 saturated heterocycles. The van der Waals surface area contributed by atoms with E-state index in [2.05, 4.69) is 11.7 Å². The molecule has 0 rings (SSSR count). The highest BCUT2D eigenvalue weighted by Gasteiger charge is 2.25. The smallest absolute Gasteiger partial charge is 0.322 e. The Balaban J connectivity index is 3.56. The van der Waals surface area contributed by atoms with Crippen molar-refractivity contribution in [1.29, 1.82) is 0 Å². The number of rotatable bonds is 15. The van der Waals surface area contributed by atoms with Crippen LogP contribution in [-0.4, -0.2) is 31.3 Å². The zero-order chi connectivity index (χ0) is 17.6. The first-order chi connectivity index (χ1) is 10.9. The highest BCUT2D eigenvalue weighted by atomic mass is 32.2. The summed E-state index contributed by atoms with van der Waals surface area (Å²) < 4.78 is 37.4. The molecule has 0 spiro atoms. The largest absolute Gasteiger partial charge is 0.747 e. The van der Waals surface area contributed by atoms with Crippen molar-refractivity contribution in [2.75, 3.05) is 7.11 Å². The van der Waals surface area contributed by atoms with Crippen molar-refractivity contribution in [3.05, 3.63) is 0 Å². The molecule has 0 aliphatic carbocycles. The van der Waals surface area contributed by atoms with Gasteiger partial charge in [0.15, 0.2) is 0 Å². The summed E-state index contributed by atoms with van der Waals surface area (Å²) in [5.74, 6) is -0.942. The summed E-state index contributed by atoms with van der Waals surface area (Å²) in [5.41, 5.74) is 0. The molecule has 6 heteroatoms. The number of unbranched alkanes of at least 4 members (excludes halogenated alkanes) is 11. The molecule has 0 aromatic rings. The predicted molar refractivity (Wildman–Crippen MR) is 91.2 cm³/mol. The van der Waals surface area contributed by atoms with Gasteiger partial charge in [0.25, 0.3) is 0 Å². The topological polar surface area (TPSA) is 83.5 Å². The fourth-order valence-electron chi connectivity index (χ4n) is 2.68. The van der Waals surface area contributed by atoms with Crippen molar-refractivity contribution in [3.8, 4) is 0 Å². The molecule has 0 amide bonds. The van der Waals surface area contributed by atoms with E-state index in [1.807, 2.05) is 0 Å². The zero-order valence-electron chi connectivity index (χ0n) is 14.7. The van der Waals surface area contributed by atoms with Crippen molar-refractivity contribution >= 4 is 16.1 Å². The summed E-state index contributed by atoms with van der Waals surface area (Å²) in [6.07, 6.45) is 14.0. The Kier molecular flexibility index (Phi) is 13.4. The highest BCUT2D eigenvalue weighted by molar-refractivity contribution is 7.87. The highest BCUT2D eigenvalue weighted by Crippen LogP contribution is 2.15. The van der Waals surface area contributed by atoms with Gasteiger partial charge in [0.2, 0.25) is 0 Å². The first kappa shape index (κ1) is 22.4. The van der Waals surface area contributed by atoms with Crippen molar-refractivity contribution in [1.82, 2.24) is 0 Å². The average Bonchev–Trinajstić information content (AvgIpc) is 2.50. The Morgan fingerprint density at radius 3 is 1.61 bits per heavy atom. The lowest BCUT2D eigenvalue weighted by molar-refractivity contribution is -0.140. The van der Waals surface area contributed by atoms with Crippen LogP contribution >= 0.6 is 0 Å². The van der Waals surface area contributed by atoms with Crippen LogP contribution in [0.4, 0.5) is 0 Å². The number of methoxy groups -OCH3 is 1. The van der Waals surface area contributed by atoms with Crippen molar-refractivity contribution in [3.63, 3.8) is 0 Å². The molecule has 0 aromatic carbocycles. The van der Waals surface area contributed by atoms with Gasteiger partial charge >= 0.3 is 5.97 Å². The molecular formula is C17H33O5S-. The fraction of sp³-hybridized carbons (Fsp3) is 0.941. The fourth-order valence-corrected chi connectivity index (χ4v) is 3.47.